The molecule has 5 unspecified atom stereocenters. The Morgan fingerprint density at radius 2 is 1.62 bits per heavy atom. The van der Waals surface area contributed by atoms with Crippen molar-refractivity contribution in [3.63, 3.8) is 0 Å². The average Bonchev–Trinajstić information content (AvgIpc) is 2.87. The normalized spacial score (nSPS) is 37.9. The highest BCUT2D eigenvalue weighted by molar-refractivity contribution is 6.20. The zero-order chi connectivity index (χ0) is 20.9. The van der Waals surface area contributed by atoms with Crippen LogP contribution in [0, 0.1) is 5.92 Å². The van der Waals surface area contributed by atoms with Crippen LogP contribution in [0.4, 0.5) is 0 Å². The summed E-state index contributed by atoms with van der Waals surface area (Å²) in [5.41, 5.74) is 0. The van der Waals surface area contributed by atoms with Gasteiger partial charge in [0.25, 0.3) is 0 Å². The van der Waals surface area contributed by atoms with Gasteiger partial charge in [-0.15, -0.1) is 11.6 Å². The summed E-state index contributed by atoms with van der Waals surface area (Å²) < 4.78 is 1.16. The van der Waals surface area contributed by atoms with E-state index in [1.807, 2.05) is 0 Å². The second-order valence-electron chi connectivity index (χ2n) is 10.7. The van der Waals surface area contributed by atoms with Gasteiger partial charge in [-0.1, -0.05) is 19.3 Å². The fourth-order valence-corrected chi connectivity index (χ4v) is 6.09. The summed E-state index contributed by atoms with van der Waals surface area (Å²) in [5, 5.41) is 4.28. The van der Waals surface area contributed by atoms with E-state index in [4.69, 9.17) is 16.6 Å². The summed E-state index contributed by atoms with van der Waals surface area (Å²) in [6, 6.07) is 1.44. The predicted molar refractivity (Wildman–Crippen MR) is 126 cm³/mol. The number of rotatable bonds is 0. The number of amidine groups is 1. The van der Waals surface area contributed by atoms with Crippen molar-refractivity contribution < 1.29 is 4.48 Å². The number of hydrogen-bond donors (Lipinski definition) is 1. The van der Waals surface area contributed by atoms with Crippen molar-refractivity contribution in [3.05, 3.63) is 0 Å². The summed E-state index contributed by atoms with van der Waals surface area (Å²) in [4.78, 5) is 8.11. The molecule has 0 aromatic carbocycles. The van der Waals surface area contributed by atoms with Crippen LogP contribution in [-0.2, 0) is 0 Å². The Morgan fingerprint density at radius 1 is 0.931 bits per heavy atom. The minimum Gasteiger partial charge on any atom is -0.360 e. The lowest BCUT2D eigenvalue weighted by atomic mass is 9.91. The lowest BCUT2D eigenvalue weighted by Gasteiger charge is -2.40. The molecule has 5 heteroatoms. The van der Waals surface area contributed by atoms with Gasteiger partial charge in [-0.3, -0.25) is 4.99 Å². The van der Waals surface area contributed by atoms with Crippen LogP contribution >= 0.6 is 11.6 Å². The number of fused-ring (bicyclic) bond motifs is 1. The number of alkyl halides is 1. The monoisotopic (exact) mass is 425 g/mol. The fraction of sp³-hybridized carbons (Fsp3) is 0.958. The van der Waals surface area contributed by atoms with Crippen molar-refractivity contribution in [2.24, 2.45) is 10.9 Å². The van der Waals surface area contributed by atoms with E-state index in [-0.39, 0.29) is 5.38 Å². The Morgan fingerprint density at radius 3 is 2.34 bits per heavy atom. The van der Waals surface area contributed by atoms with E-state index in [1.165, 1.54) is 70.3 Å². The molecule has 3 rings (SSSR count). The van der Waals surface area contributed by atoms with Crippen LogP contribution in [0.3, 0.4) is 0 Å². The first-order chi connectivity index (χ1) is 13.8. The molecule has 0 amide bonds. The Bertz CT molecular complexity index is 523. The predicted octanol–water partition coefficient (Wildman–Crippen LogP) is 4.66. The number of nitrogens with one attached hydrogen (secondary N) is 1. The van der Waals surface area contributed by atoms with Crippen LogP contribution in [-0.4, -0.2) is 79.0 Å². The summed E-state index contributed by atoms with van der Waals surface area (Å²) in [7, 11) is 4.77. The summed E-state index contributed by atoms with van der Waals surface area (Å²) >= 11 is 6.71. The van der Waals surface area contributed by atoms with Gasteiger partial charge >= 0.3 is 0 Å². The topological polar surface area (TPSA) is 27.6 Å². The molecule has 2 heterocycles. The Hall–Kier alpha value is -0.320. The molecule has 3 aliphatic rings. The van der Waals surface area contributed by atoms with Gasteiger partial charge in [0.15, 0.2) is 0 Å². The van der Waals surface area contributed by atoms with Gasteiger partial charge in [0.2, 0.25) is 0 Å². The summed E-state index contributed by atoms with van der Waals surface area (Å²) in [5.74, 6) is 1.98. The largest absolute Gasteiger partial charge is 0.360 e. The van der Waals surface area contributed by atoms with Crippen LogP contribution in [0.5, 0.6) is 0 Å². The molecule has 0 radical (unpaired) electrons. The molecule has 2 fully saturated rings. The maximum absolute atomic E-state index is 6.71. The number of halogens is 1. The molecule has 0 aromatic rings. The number of aliphatic imine (C=N–C) groups is 1. The molecule has 1 saturated heterocycles. The van der Waals surface area contributed by atoms with Crippen molar-refractivity contribution in [2.75, 3.05) is 40.3 Å². The molecule has 1 saturated carbocycles. The molecule has 0 spiro atoms. The van der Waals surface area contributed by atoms with E-state index in [0.717, 1.165) is 30.4 Å². The van der Waals surface area contributed by atoms with Crippen LogP contribution in [0.2, 0.25) is 0 Å². The highest BCUT2D eigenvalue weighted by atomic mass is 35.5. The van der Waals surface area contributed by atoms with Crippen LogP contribution in [0.25, 0.3) is 0 Å². The number of nitrogens with zero attached hydrogens (tertiary/aromatic N) is 3. The molecule has 1 aliphatic carbocycles. The molecule has 29 heavy (non-hydrogen) atoms. The van der Waals surface area contributed by atoms with Crippen molar-refractivity contribution in [1.29, 1.82) is 0 Å². The van der Waals surface area contributed by atoms with Crippen LogP contribution < -0.4 is 5.32 Å². The average molecular weight is 426 g/mol. The second kappa shape index (κ2) is 10.8. The smallest absolute Gasteiger partial charge is 0.104 e. The van der Waals surface area contributed by atoms with E-state index in [9.17, 15) is 0 Å². The number of hydrogen-bond acceptors (Lipinski definition) is 3. The van der Waals surface area contributed by atoms with Crippen molar-refractivity contribution in [2.45, 2.75) is 102 Å². The van der Waals surface area contributed by atoms with Gasteiger partial charge < -0.3 is 14.7 Å². The quantitative estimate of drug-likeness (QED) is 0.451. The highest BCUT2D eigenvalue weighted by Crippen LogP contribution is 2.29. The third-order valence-corrected chi connectivity index (χ3v) is 7.81. The van der Waals surface area contributed by atoms with Gasteiger partial charge in [0.1, 0.15) is 5.84 Å². The van der Waals surface area contributed by atoms with Crippen molar-refractivity contribution in [1.82, 2.24) is 10.2 Å². The molecular formula is C24H46ClN4+. The maximum atomic E-state index is 6.71. The van der Waals surface area contributed by atoms with Gasteiger partial charge in [-0.25, -0.2) is 0 Å². The van der Waals surface area contributed by atoms with E-state index >= 15 is 0 Å². The minimum atomic E-state index is 0.243. The lowest BCUT2D eigenvalue weighted by Crippen LogP contribution is -2.51. The standard InChI is InChI=1S/C24H46ClN4/c1-19-12-13-21(25)18-20(2)27-24(22-10-6-5-7-11-23(22)26-19)28-14-8-16-29(3,4)17-9-15-28/h19-23,26H,5-18H2,1-4H3/q+1. The number of quaternary nitrogens is 1. The van der Waals surface area contributed by atoms with Crippen molar-refractivity contribution in [3.8, 4) is 0 Å². The Kier molecular flexibility index (Phi) is 8.71. The molecule has 4 nitrogen and oxygen atoms in total. The summed E-state index contributed by atoms with van der Waals surface area (Å²) in [6.07, 6.45) is 12.5. The SMILES string of the molecule is CC1CC(Cl)CCC(C)NC2CCCCCC2C(N2CCC[N+](C)(C)CCC2)=N1. The van der Waals surface area contributed by atoms with Crippen molar-refractivity contribution >= 4 is 17.4 Å². The summed E-state index contributed by atoms with van der Waals surface area (Å²) in [6.45, 7) is 9.52. The van der Waals surface area contributed by atoms with Gasteiger partial charge in [-0.2, -0.15) is 0 Å². The van der Waals surface area contributed by atoms with Gasteiger partial charge in [0, 0.05) is 49.3 Å². The van der Waals surface area contributed by atoms with E-state index < -0.39 is 0 Å². The Balaban J connectivity index is 1.87. The first-order valence-corrected chi connectivity index (χ1v) is 12.8. The minimum absolute atomic E-state index is 0.243. The molecule has 1 N–H and O–H groups in total. The third-order valence-electron chi connectivity index (χ3n) is 7.42. The zero-order valence-electron chi connectivity index (χ0n) is 19.5. The molecular weight excluding hydrogens is 380 g/mol. The van der Waals surface area contributed by atoms with E-state index in [1.54, 1.807) is 0 Å². The fourth-order valence-electron chi connectivity index (χ4n) is 5.71. The third kappa shape index (κ3) is 7.11. The van der Waals surface area contributed by atoms with E-state index in [2.05, 4.69) is 38.2 Å². The Labute approximate surface area is 185 Å². The maximum Gasteiger partial charge on any atom is 0.104 e. The first kappa shape index (κ1) is 23.3. The molecule has 0 bridgehead atoms. The van der Waals surface area contributed by atoms with Crippen LogP contribution in [0.1, 0.15) is 78.1 Å². The first-order valence-electron chi connectivity index (χ1n) is 12.4. The van der Waals surface area contributed by atoms with E-state index in [0.29, 0.717) is 24.0 Å². The highest BCUT2D eigenvalue weighted by Gasteiger charge is 2.33. The lowest BCUT2D eigenvalue weighted by molar-refractivity contribution is -0.891. The van der Waals surface area contributed by atoms with Crippen LogP contribution in [0.15, 0.2) is 4.99 Å². The molecule has 2 aliphatic heterocycles. The van der Waals surface area contributed by atoms with Gasteiger partial charge in [0.05, 0.1) is 33.2 Å². The molecule has 5 atom stereocenters. The van der Waals surface area contributed by atoms with Gasteiger partial charge in [-0.05, 0) is 46.0 Å². The molecule has 0 aromatic heterocycles. The zero-order valence-corrected chi connectivity index (χ0v) is 20.3. The molecule has 168 valence electrons. The second-order valence-corrected chi connectivity index (χ2v) is 11.4.